The second kappa shape index (κ2) is 17.8. The number of Topliss-reactive ketones (excluding diaryl/α,β-unsaturated/α-hetero) is 2. The van der Waals surface area contributed by atoms with Crippen LogP contribution in [0.3, 0.4) is 0 Å². The number of aryl methyl sites for hydroxylation is 4. The molecule has 12 rings (SSSR count). The summed E-state index contributed by atoms with van der Waals surface area (Å²) in [5.41, 5.74) is 50.2. The van der Waals surface area contributed by atoms with Crippen molar-refractivity contribution in [2.45, 2.75) is 40.3 Å². The zero-order valence-electron chi connectivity index (χ0n) is 38.1. The molecule has 8 aliphatic rings. The maximum atomic E-state index is 12.2. The van der Waals surface area contributed by atoms with Crippen molar-refractivity contribution >= 4 is 67.9 Å². The van der Waals surface area contributed by atoms with Gasteiger partial charge in [0.1, 0.15) is 32.8 Å². The number of nitrogen functional groups attached to an aromatic ring is 2. The quantitative estimate of drug-likeness (QED) is 0.0592. The fraction of sp³-hybridized carbons (Fsp3) is 0.136. The summed E-state index contributed by atoms with van der Waals surface area (Å²) in [6.07, 6.45) is -2.02. The summed E-state index contributed by atoms with van der Waals surface area (Å²) in [4.78, 5) is 68.3. The molecule has 28 nitrogen and oxygen atoms in total. The van der Waals surface area contributed by atoms with Crippen molar-refractivity contribution in [1.29, 1.82) is 33.2 Å². The van der Waals surface area contributed by atoms with Crippen LogP contribution in [0.15, 0.2) is 123 Å². The molecule has 0 saturated carbocycles. The van der Waals surface area contributed by atoms with Gasteiger partial charge in [0.15, 0.2) is 0 Å². The highest BCUT2D eigenvalue weighted by molar-refractivity contribution is 6.78. The molecule has 4 aromatic carbocycles. The van der Waals surface area contributed by atoms with Crippen LogP contribution in [0, 0.1) is 82.3 Å². The van der Waals surface area contributed by atoms with E-state index in [0.717, 1.165) is 42.6 Å². The number of fused-ring (bicyclic) bond motifs is 10. The molecule has 28 heteroatoms. The Labute approximate surface area is 400 Å². The number of nitrogens with one attached hydrogen (secondary N) is 8. The summed E-state index contributed by atoms with van der Waals surface area (Å²) in [5, 5.41) is 30.1. The van der Waals surface area contributed by atoms with Crippen molar-refractivity contribution in [1.82, 2.24) is 29.7 Å². The van der Waals surface area contributed by atoms with Crippen LogP contribution in [0.1, 0.15) is 54.1 Å². The van der Waals surface area contributed by atoms with Crippen molar-refractivity contribution in [2.75, 3.05) is 11.7 Å². The van der Waals surface area contributed by atoms with Crippen LogP contribution in [-0.2, 0) is 0 Å². The SMILES string of the molecule is Cc1ccc2c(=O)c3[nH]n(N)c(N=N)nc=3c2c1.Cc1ccc2c(c1)C(=O)C1=N[N+](=N)C(N=N)N=C12.Cc1ccc2c(c1)C1=NC(N=N)[N+](=N)N=C1C2=O.Cc1ccc2c3nc(N=N)n(N)[nH]c=3c(=O)c2c1. The Bertz CT molecular complexity index is 4180. The number of carbonyl (C=O) groups excluding carboxylic acids is 2. The molecule has 0 aromatic heterocycles. The van der Waals surface area contributed by atoms with E-state index in [1.54, 1.807) is 18.2 Å². The number of hydrogen-bond donors (Lipinski definition) is 10. The van der Waals surface area contributed by atoms with E-state index < -0.39 is 12.6 Å². The molecule has 4 aromatic rings. The highest BCUT2D eigenvalue weighted by Crippen LogP contribution is 2.27. The van der Waals surface area contributed by atoms with E-state index in [-0.39, 0.29) is 45.7 Å². The molecule has 2 atom stereocenters. The lowest BCUT2D eigenvalue weighted by molar-refractivity contribution is -0.653. The van der Waals surface area contributed by atoms with Crippen molar-refractivity contribution in [2.24, 2.45) is 40.6 Å². The second-order valence-corrected chi connectivity index (χ2v) is 16.5. The van der Waals surface area contributed by atoms with Gasteiger partial charge in [-0.15, -0.1) is 10.2 Å². The summed E-state index contributed by atoms with van der Waals surface area (Å²) >= 11 is 0. The van der Waals surface area contributed by atoms with E-state index in [4.69, 9.17) is 44.9 Å². The van der Waals surface area contributed by atoms with E-state index in [1.165, 1.54) is 0 Å². The van der Waals surface area contributed by atoms with Gasteiger partial charge in [-0.1, -0.05) is 81.0 Å². The van der Waals surface area contributed by atoms with Crippen LogP contribution < -0.4 is 22.5 Å². The largest absolute Gasteiger partial charge is 0.418 e. The third kappa shape index (κ3) is 7.79. The molecule has 2 unspecified atom stereocenters. The van der Waals surface area contributed by atoms with E-state index in [0.29, 0.717) is 75.5 Å². The van der Waals surface area contributed by atoms with Gasteiger partial charge in [0, 0.05) is 54.0 Å². The van der Waals surface area contributed by atoms with Gasteiger partial charge < -0.3 is 11.7 Å². The van der Waals surface area contributed by atoms with Gasteiger partial charge in [-0.2, -0.15) is 19.6 Å². The maximum absolute atomic E-state index is 12.2. The van der Waals surface area contributed by atoms with E-state index in [2.05, 4.69) is 60.8 Å². The lowest BCUT2D eigenvalue weighted by Crippen LogP contribution is -2.29. The fourth-order valence-corrected chi connectivity index (χ4v) is 8.21. The molecule has 72 heavy (non-hydrogen) atoms. The van der Waals surface area contributed by atoms with Gasteiger partial charge in [0.05, 0.1) is 9.61 Å². The van der Waals surface area contributed by atoms with Crippen LogP contribution in [0.2, 0.25) is 0 Å². The molecule has 356 valence electrons. The number of aromatic nitrogens is 6. The zero-order chi connectivity index (χ0) is 51.4. The Kier molecular flexibility index (Phi) is 11.5. The molecule has 0 bridgehead atoms. The van der Waals surface area contributed by atoms with Crippen molar-refractivity contribution in [3.8, 4) is 0 Å². The van der Waals surface area contributed by atoms with Gasteiger partial charge in [0.2, 0.25) is 33.8 Å². The predicted molar refractivity (Wildman–Crippen MR) is 253 cm³/mol. The molecule has 0 saturated heterocycles. The monoisotopic (exact) mass is 966 g/mol. The number of aromatic amines is 2. The van der Waals surface area contributed by atoms with Crippen molar-refractivity contribution in [3.05, 3.63) is 159 Å². The first kappa shape index (κ1) is 46.6. The van der Waals surface area contributed by atoms with E-state index >= 15 is 0 Å². The first-order valence-corrected chi connectivity index (χ1v) is 21.2. The Morgan fingerprint density at radius 1 is 0.514 bits per heavy atom. The minimum Gasteiger partial charge on any atom is -0.321 e. The molecular formula is C44H38N24O4+2. The molecule has 0 radical (unpaired) electrons. The molecule has 12 N–H and O–H groups in total. The minimum absolute atomic E-state index is 0.00924. The zero-order valence-corrected chi connectivity index (χ0v) is 38.1. The lowest BCUT2D eigenvalue weighted by Gasteiger charge is -2.05. The normalized spacial score (nSPS) is 16.1. The summed E-state index contributed by atoms with van der Waals surface area (Å²) in [7, 11) is 0. The first-order valence-electron chi connectivity index (χ1n) is 21.2. The van der Waals surface area contributed by atoms with Gasteiger partial charge in [0.25, 0.3) is 11.9 Å². The van der Waals surface area contributed by atoms with E-state index in [9.17, 15) is 19.2 Å². The fourth-order valence-electron chi connectivity index (χ4n) is 8.21. The predicted octanol–water partition coefficient (Wildman–Crippen LogP) is 5.68. The summed E-state index contributed by atoms with van der Waals surface area (Å²) in [6.45, 7) is 7.68. The second-order valence-electron chi connectivity index (χ2n) is 16.5. The summed E-state index contributed by atoms with van der Waals surface area (Å²) in [5.74, 6) is 10.7. The highest BCUT2D eigenvalue weighted by atomic mass is 16.1. The van der Waals surface area contributed by atoms with Crippen LogP contribution in [-0.4, -0.2) is 86.4 Å². The molecular weight excluding hydrogens is 929 g/mol. The minimum atomic E-state index is -1.01. The molecule has 4 heterocycles. The third-order valence-electron chi connectivity index (χ3n) is 11.6. The van der Waals surface area contributed by atoms with Gasteiger partial charge in [-0.3, -0.25) is 29.4 Å². The number of rotatable bonds is 4. The Balaban J connectivity index is 0.000000119. The summed E-state index contributed by atoms with van der Waals surface area (Å²) < 4.78 is 0. The molecule has 0 spiro atoms. The van der Waals surface area contributed by atoms with Crippen molar-refractivity contribution < 1.29 is 19.2 Å². The average molecular weight is 967 g/mol. The van der Waals surface area contributed by atoms with Crippen LogP contribution in [0.4, 0.5) is 11.9 Å². The number of ketones is 2. The first-order chi connectivity index (χ1) is 34.5. The number of aliphatic imine (C=N–C) groups is 2. The summed E-state index contributed by atoms with van der Waals surface area (Å²) in [6, 6.07) is 22.0. The number of H-pyrrole nitrogens is 2. The van der Waals surface area contributed by atoms with Crippen LogP contribution in [0.5, 0.6) is 0 Å². The number of hydrogen-bond acceptors (Lipinski definition) is 20. The third-order valence-corrected chi connectivity index (χ3v) is 11.6. The Morgan fingerprint density at radius 2 is 0.931 bits per heavy atom. The maximum Gasteiger partial charge on any atom is 0.418 e. The lowest BCUT2D eigenvalue weighted by atomic mass is 10.1. The Morgan fingerprint density at radius 3 is 1.46 bits per heavy atom. The number of carbonyl (C=O) groups is 2. The highest BCUT2D eigenvalue weighted by Gasteiger charge is 2.42. The number of nitrogens with zero attached hydrogens (tertiary/aromatic N) is 14. The molecule has 4 aliphatic heterocycles. The topological polar surface area (TPSA) is 436 Å². The standard InChI is InChI=1S/C11H10N6O.C11H9N6O.C11H10N6O.C11H9N6O/c2*1-5-2-3-6-7(4-5)8-9(10(6)18)16-17(13)11(14-8)15-12;2*1-5-2-3-6-7(4-5)10(18)9-8(6)14-11(15-12)17(13)16-9/h2-4,12,16H,13H2,1H3;2-4,11-13H,1H3;2-4,12,16H,13H2,1H3;2-4,11-13H,1H3/q;+1;;+1. The Hall–Kier alpha value is -10.5. The number of hydrazone groups is 2. The number of benzene rings is 4. The average Bonchev–Trinajstić information content (AvgIpc) is 3.99. The van der Waals surface area contributed by atoms with Crippen LogP contribution in [0.25, 0.3) is 21.5 Å². The smallest absolute Gasteiger partial charge is 0.321 e. The molecule has 4 aliphatic carbocycles. The van der Waals surface area contributed by atoms with Gasteiger partial charge in [-0.05, 0) is 63.0 Å². The van der Waals surface area contributed by atoms with E-state index in [1.807, 2.05) is 82.3 Å². The molecule has 0 fully saturated rings. The van der Waals surface area contributed by atoms with Gasteiger partial charge in [-0.25, -0.2) is 32.1 Å². The van der Waals surface area contributed by atoms with Crippen molar-refractivity contribution in [3.63, 3.8) is 0 Å². The van der Waals surface area contributed by atoms with Gasteiger partial charge >= 0.3 is 12.6 Å². The van der Waals surface area contributed by atoms with Crippen LogP contribution >= 0.6 is 0 Å². The molecule has 0 amide bonds. The number of nitrogens with two attached hydrogens (primary N) is 2.